The minimum absolute atomic E-state index is 0.0350. The monoisotopic (exact) mass is 421 g/mol. The molecule has 0 saturated heterocycles. The highest BCUT2D eigenvalue weighted by molar-refractivity contribution is 9.10. The number of benzene rings is 2. The Morgan fingerprint density at radius 2 is 1.85 bits per heavy atom. The molecule has 26 heavy (non-hydrogen) atoms. The first-order valence-electron chi connectivity index (χ1n) is 8.47. The van der Waals surface area contributed by atoms with Crippen LogP contribution >= 0.6 is 15.9 Å². The summed E-state index contributed by atoms with van der Waals surface area (Å²) in [5, 5.41) is 0. The number of methoxy groups -OCH3 is 2. The van der Waals surface area contributed by atoms with E-state index in [1.165, 1.54) is 11.6 Å². The quantitative estimate of drug-likeness (QED) is 0.728. The Balaban J connectivity index is 1.67. The molecule has 0 aliphatic carbocycles. The summed E-state index contributed by atoms with van der Waals surface area (Å²) in [5.41, 5.74) is 2.80. The summed E-state index contributed by atoms with van der Waals surface area (Å²) in [6.45, 7) is 1.20. The molecule has 1 aliphatic heterocycles. The number of nitrogens with zero attached hydrogens (tertiary/aromatic N) is 1. The Morgan fingerprint density at radius 3 is 2.50 bits per heavy atom. The predicted octanol–water partition coefficient (Wildman–Crippen LogP) is 4.12. The number of aryl methyl sites for hydroxylation is 1. The van der Waals surface area contributed by atoms with Gasteiger partial charge in [0.25, 0.3) is 0 Å². The fourth-order valence-electron chi connectivity index (χ4n) is 3.22. The van der Waals surface area contributed by atoms with Crippen molar-refractivity contribution in [2.75, 3.05) is 20.8 Å². The molecule has 1 amide bonds. The predicted molar refractivity (Wildman–Crippen MR) is 101 cm³/mol. The second kappa shape index (κ2) is 8.08. The zero-order chi connectivity index (χ0) is 18.7. The summed E-state index contributed by atoms with van der Waals surface area (Å²) >= 11 is 3.24. The van der Waals surface area contributed by atoms with E-state index in [4.69, 9.17) is 9.47 Å². The van der Waals surface area contributed by atoms with Crippen molar-refractivity contribution in [1.29, 1.82) is 0 Å². The Hall–Kier alpha value is -2.08. The molecule has 1 heterocycles. The molecule has 3 rings (SSSR count). The standard InChI is InChI=1S/C20H21BrFNO3/c1-25-18-9-14-7-8-23(12-15(14)10-19(18)26-2)20(24)6-4-13-3-5-16(21)11-17(13)22/h3,5,9-11H,4,6-8,12H2,1-2H3. The Kier molecular flexibility index (Phi) is 5.81. The van der Waals surface area contributed by atoms with Gasteiger partial charge in [-0.05, 0) is 53.8 Å². The lowest BCUT2D eigenvalue weighted by Crippen LogP contribution is -2.36. The van der Waals surface area contributed by atoms with Crippen LogP contribution in [0.25, 0.3) is 0 Å². The molecule has 2 aromatic carbocycles. The van der Waals surface area contributed by atoms with E-state index in [-0.39, 0.29) is 11.7 Å². The molecule has 6 heteroatoms. The number of ether oxygens (including phenoxy) is 2. The number of rotatable bonds is 5. The number of fused-ring (bicyclic) bond motifs is 1. The number of hydrogen-bond acceptors (Lipinski definition) is 3. The second-order valence-electron chi connectivity index (χ2n) is 6.28. The van der Waals surface area contributed by atoms with Crippen LogP contribution in [0, 0.1) is 5.82 Å². The maximum absolute atomic E-state index is 13.9. The van der Waals surface area contributed by atoms with Gasteiger partial charge in [-0.15, -0.1) is 0 Å². The zero-order valence-corrected chi connectivity index (χ0v) is 16.4. The van der Waals surface area contributed by atoms with Crippen LogP contribution < -0.4 is 9.47 Å². The van der Waals surface area contributed by atoms with Gasteiger partial charge in [0.1, 0.15) is 5.82 Å². The van der Waals surface area contributed by atoms with Crippen molar-refractivity contribution in [2.24, 2.45) is 0 Å². The Bertz CT molecular complexity index is 825. The molecule has 0 bridgehead atoms. The van der Waals surface area contributed by atoms with Gasteiger partial charge in [-0.1, -0.05) is 22.0 Å². The first kappa shape index (κ1) is 18.7. The van der Waals surface area contributed by atoms with Gasteiger partial charge < -0.3 is 14.4 Å². The van der Waals surface area contributed by atoms with Crippen LogP contribution in [0.4, 0.5) is 4.39 Å². The fourth-order valence-corrected chi connectivity index (χ4v) is 3.55. The van der Waals surface area contributed by atoms with Crippen molar-refractivity contribution in [2.45, 2.75) is 25.8 Å². The largest absolute Gasteiger partial charge is 0.493 e. The molecule has 0 fully saturated rings. The molecule has 0 atom stereocenters. The number of hydrogen-bond donors (Lipinski definition) is 0. The summed E-state index contributed by atoms with van der Waals surface area (Å²) in [4.78, 5) is 14.4. The molecule has 0 spiro atoms. The first-order valence-corrected chi connectivity index (χ1v) is 9.26. The van der Waals surface area contributed by atoms with Gasteiger partial charge in [0, 0.05) is 24.0 Å². The summed E-state index contributed by atoms with van der Waals surface area (Å²) < 4.78 is 25.3. The number of carbonyl (C=O) groups is 1. The third-order valence-corrected chi connectivity index (χ3v) is 5.19. The smallest absolute Gasteiger partial charge is 0.223 e. The average molecular weight is 422 g/mol. The van der Waals surface area contributed by atoms with Gasteiger partial charge in [0.05, 0.1) is 14.2 Å². The summed E-state index contributed by atoms with van der Waals surface area (Å²) in [6, 6.07) is 8.85. The van der Waals surface area contributed by atoms with E-state index in [1.807, 2.05) is 17.0 Å². The van der Waals surface area contributed by atoms with E-state index in [0.717, 1.165) is 12.0 Å². The Labute approximate surface area is 161 Å². The van der Waals surface area contributed by atoms with Crippen molar-refractivity contribution >= 4 is 21.8 Å². The van der Waals surface area contributed by atoms with E-state index in [2.05, 4.69) is 15.9 Å². The van der Waals surface area contributed by atoms with Crippen LogP contribution in [-0.4, -0.2) is 31.6 Å². The molecule has 138 valence electrons. The van der Waals surface area contributed by atoms with Crippen molar-refractivity contribution in [3.63, 3.8) is 0 Å². The van der Waals surface area contributed by atoms with Crippen LogP contribution in [0.15, 0.2) is 34.8 Å². The third-order valence-electron chi connectivity index (χ3n) is 4.69. The van der Waals surface area contributed by atoms with Gasteiger partial charge in [-0.2, -0.15) is 0 Å². The molecule has 0 saturated carbocycles. The van der Waals surface area contributed by atoms with Gasteiger partial charge in [-0.3, -0.25) is 4.79 Å². The van der Waals surface area contributed by atoms with Gasteiger partial charge in [0.2, 0.25) is 5.91 Å². The topological polar surface area (TPSA) is 38.8 Å². The maximum atomic E-state index is 13.9. The van der Waals surface area contributed by atoms with E-state index in [0.29, 0.717) is 47.5 Å². The molecular weight excluding hydrogens is 401 g/mol. The first-order chi connectivity index (χ1) is 12.5. The van der Waals surface area contributed by atoms with Crippen molar-refractivity contribution in [3.05, 3.63) is 57.3 Å². The average Bonchev–Trinajstić information content (AvgIpc) is 2.65. The molecule has 0 N–H and O–H groups in total. The van der Waals surface area contributed by atoms with Gasteiger partial charge in [0.15, 0.2) is 11.5 Å². The Morgan fingerprint density at radius 1 is 1.15 bits per heavy atom. The minimum Gasteiger partial charge on any atom is -0.493 e. The highest BCUT2D eigenvalue weighted by atomic mass is 79.9. The van der Waals surface area contributed by atoms with Gasteiger partial charge in [-0.25, -0.2) is 4.39 Å². The van der Waals surface area contributed by atoms with Crippen molar-refractivity contribution < 1.29 is 18.7 Å². The highest BCUT2D eigenvalue weighted by Gasteiger charge is 2.22. The number of carbonyl (C=O) groups excluding carboxylic acids is 1. The molecule has 1 aliphatic rings. The summed E-state index contributed by atoms with van der Waals surface area (Å²) in [6.07, 6.45) is 1.46. The normalized spacial score (nSPS) is 13.3. The SMILES string of the molecule is COc1cc2c(cc1OC)CN(C(=O)CCc1ccc(Br)cc1F)CC2. The molecule has 2 aromatic rings. The van der Waals surface area contributed by atoms with Crippen molar-refractivity contribution in [3.8, 4) is 11.5 Å². The van der Waals surface area contributed by atoms with Crippen LogP contribution in [0.5, 0.6) is 11.5 Å². The molecule has 4 nitrogen and oxygen atoms in total. The fraction of sp³-hybridized carbons (Fsp3) is 0.350. The van der Waals surface area contributed by atoms with E-state index in [9.17, 15) is 9.18 Å². The zero-order valence-electron chi connectivity index (χ0n) is 14.9. The molecule has 0 radical (unpaired) electrons. The van der Waals surface area contributed by atoms with Crippen LogP contribution in [0.3, 0.4) is 0 Å². The number of amides is 1. The van der Waals surface area contributed by atoms with E-state index in [1.54, 1.807) is 26.4 Å². The van der Waals surface area contributed by atoms with Crippen LogP contribution in [0.2, 0.25) is 0 Å². The van der Waals surface area contributed by atoms with E-state index < -0.39 is 0 Å². The van der Waals surface area contributed by atoms with Crippen LogP contribution in [0.1, 0.15) is 23.1 Å². The minimum atomic E-state index is -0.284. The second-order valence-corrected chi connectivity index (χ2v) is 7.19. The lowest BCUT2D eigenvalue weighted by Gasteiger charge is -2.29. The molecule has 0 aromatic heterocycles. The highest BCUT2D eigenvalue weighted by Crippen LogP contribution is 2.33. The van der Waals surface area contributed by atoms with Crippen molar-refractivity contribution in [1.82, 2.24) is 4.90 Å². The summed E-state index contributed by atoms with van der Waals surface area (Å²) in [7, 11) is 3.22. The molecular formula is C20H21BrFNO3. The van der Waals surface area contributed by atoms with Gasteiger partial charge >= 0.3 is 0 Å². The lowest BCUT2D eigenvalue weighted by molar-refractivity contribution is -0.132. The lowest BCUT2D eigenvalue weighted by atomic mass is 9.98. The maximum Gasteiger partial charge on any atom is 0.223 e. The van der Waals surface area contributed by atoms with Crippen LogP contribution in [-0.2, 0) is 24.2 Å². The van der Waals surface area contributed by atoms with E-state index >= 15 is 0 Å². The number of halogens is 2. The third kappa shape index (κ3) is 4.01. The molecule has 0 unspecified atom stereocenters. The summed E-state index contributed by atoms with van der Waals surface area (Å²) in [5.74, 6) is 1.12.